The third-order valence-electron chi connectivity index (χ3n) is 2.75. The molecule has 1 atom stereocenters. The van der Waals surface area contributed by atoms with Crippen molar-refractivity contribution in [2.24, 2.45) is 0 Å². The SMILES string of the molecule is CSC1NNc2c(N)c(-c3ccccc3)nn21. The Morgan fingerprint density at radius 1 is 1.35 bits per heavy atom. The van der Waals surface area contributed by atoms with Crippen molar-refractivity contribution >= 4 is 23.3 Å². The molecule has 5 nitrogen and oxygen atoms in total. The van der Waals surface area contributed by atoms with Crippen molar-refractivity contribution in [2.75, 3.05) is 17.4 Å². The summed E-state index contributed by atoms with van der Waals surface area (Å²) in [4.78, 5) is 0. The molecule has 0 saturated heterocycles. The van der Waals surface area contributed by atoms with Crippen molar-refractivity contribution in [2.45, 2.75) is 5.50 Å². The number of nitrogens with two attached hydrogens (primary N) is 1. The molecule has 17 heavy (non-hydrogen) atoms. The van der Waals surface area contributed by atoms with E-state index in [0.29, 0.717) is 5.69 Å². The van der Waals surface area contributed by atoms with Crippen LogP contribution in [-0.4, -0.2) is 16.0 Å². The number of anilines is 2. The number of hydrazine groups is 1. The number of hydrogen-bond donors (Lipinski definition) is 3. The van der Waals surface area contributed by atoms with Crippen molar-refractivity contribution in [3.8, 4) is 11.3 Å². The minimum absolute atomic E-state index is 0.0877. The molecule has 1 unspecified atom stereocenters. The first-order valence-electron chi connectivity index (χ1n) is 5.29. The van der Waals surface area contributed by atoms with E-state index in [-0.39, 0.29) is 5.50 Å². The van der Waals surface area contributed by atoms with Crippen LogP contribution in [0, 0.1) is 0 Å². The van der Waals surface area contributed by atoms with Gasteiger partial charge in [0, 0.05) is 5.56 Å². The topological polar surface area (TPSA) is 67.9 Å². The summed E-state index contributed by atoms with van der Waals surface area (Å²) >= 11 is 1.66. The molecule has 0 bridgehead atoms. The van der Waals surface area contributed by atoms with Crippen LogP contribution in [0.1, 0.15) is 5.50 Å². The number of nitrogens with one attached hydrogen (secondary N) is 2. The van der Waals surface area contributed by atoms with Gasteiger partial charge in [0.05, 0.1) is 0 Å². The average Bonchev–Trinajstić information content (AvgIpc) is 2.91. The first-order valence-corrected chi connectivity index (χ1v) is 6.58. The molecule has 0 spiro atoms. The molecule has 2 aromatic rings. The van der Waals surface area contributed by atoms with Crippen LogP contribution in [0.2, 0.25) is 0 Å². The summed E-state index contributed by atoms with van der Waals surface area (Å²) in [5, 5.41) is 4.56. The highest BCUT2D eigenvalue weighted by Gasteiger charge is 2.26. The molecule has 0 amide bonds. The van der Waals surface area contributed by atoms with E-state index >= 15 is 0 Å². The Hall–Kier alpha value is -1.66. The van der Waals surface area contributed by atoms with E-state index in [9.17, 15) is 0 Å². The van der Waals surface area contributed by atoms with E-state index in [4.69, 9.17) is 5.73 Å². The van der Waals surface area contributed by atoms with Crippen LogP contribution in [0.15, 0.2) is 30.3 Å². The quantitative estimate of drug-likeness (QED) is 0.756. The minimum atomic E-state index is 0.0877. The number of benzene rings is 1. The monoisotopic (exact) mass is 247 g/mol. The van der Waals surface area contributed by atoms with Crippen molar-refractivity contribution in [1.82, 2.24) is 15.2 Å². The van der Waals surface area contributed by atoms with Gasteiger partial charge in [-0.1, -0.05) is 30.3 Å². The van der Waals surface area contributed by atoms with Crippen LogP contribution in [0.4, 0.5) is 11.5 Å². The molecule has 1 aliphatic heterocycles. The number of aromatic nitrogens is 2. The van der Waals surface area contributed by atoms with E-state index in [1.165, 1.54) is 0 Å². The van der Waals surface area contributed by atoms with E-state index < -0.39 is 0 Å². The molecule has 0 fully saturated rings. The minimum Gasteiger partial charge on any atom is -0.394 e. The number of nitrogen functional groups attached to an aromatic ring is 1. The summed E-state index contributed by atoms with van der Waals surface area (Å²) in [7, 11) is 0. The molecule has 0 radical (unpaired) electrons. The lowest BCUT2D eigenvalue weighted by Gasteiger charge is -2.07. The predicted octanol–water partition coefficient (Wildman–Crippen LogP) is 1.88. The maximum absolute atomic E-state index is 6.11. The van der Waals surface area contributed by atoms with Gasteiger partial charge in [-0.05, 0) is 6.26 Å². The lowest BCUT2D eigenvalue weighted by atomic mass is 10.1. The highest BCUT2D eigenvalue weighted by atomic mass is 32.2. The van der Waals surface area contributed by atoms with Crippen LogP contribution in [0.5, 0.6) is 0 Å². The van der Waals surface area contributed by atoms with Gasteiger partial charge in [0.25, 0.3) is 0 Å². The number of nitrogens with zero attached hydrogens (tertiary/aromatic N) is 2. The van der Waals surface area contributed by atoms with Gasteiger partial charge in [-0.25, -0.2) is 10.1 Å². The Morgan fingerprint density at radius 2 is 2.12 bits per heavy atom. The Kier molecular flexibility index (Phi) is 2.45. The first kappa shape index (κ1) is 10.5. The Labute approximate surface area is 103 Å². The van der Waals surface area contributed by atoms with Gasteiger partial charge in [0.15, 0.2) is 11.3 Å². The Bertz CT molecular complexity index is 536. The summed E-state index contributed by atoms with van der Waals surface area (Å²) in [6, 6.07) is 9.97. The van der Waals surface area contributed by atoms with E-state index in [1.807, 2.05) is 41.3 Å². The van der Waals surface area contributed by atoms with E-state index in [1.54, 1.807) is 11.8 Å². The standard InChI is InChI=1S/C11H13N5S/c1-17-11-14-13-10-8(12)9(15-16(10)11)7-5-3-2-4-6-7/h2-6,11,13-14H,12H2,1H3. The van der Waals surface area contributed by atoms with Gasteiger partial charge in [-0.2, -0.15) is 5.10 Å². The maximum atomic E-state index is 6.11. The van der Waals surface area contributed by atoms with Crippen molar-refractivity contribution in [1.29, 1.82) is 0 Å². The summed E-state index contributed by atoms with van der Waals surface area (Å²) in [5.41, 5.74) is 14.9. The summed E-state index contributed by atoms with van der Waals surface area (Å²) in [6.45, 7) is 0. The molecule has 1 aliphatic rings. The highest BCUT2D eigenvalue weighted by molar-refractivity contribution is 7.98. The van der Waals surface area contributed by atoms with Gasteiger partial charge >= 0.3 is 0 Å². The molecule has 0 aliphatic carbocycles. The fourth-order valence-electron chi connectivity index (χ4n) is 1.90. The normalized spacial score (nSPS) is 17.8. The fraction of sp³-hybridized carbons (Fsp3) is 0.182. The van der Waals surface area contributed by atoms with E-state index in [2.05, 4.69) is 16.0 Å². The number of thioether (sulfide) groups is 1. The summed E-state index contributed by atoms with van der Waals surface area (Å²) in [5.74, 6) is 0.836. The number of fused-ring (bicyclic) bond motifs is 1. The molecule has 1 aromatic carbocycles. The fourth-order valence-corrected chi connectivity index (χ4v) is 2.43. The van der Waals surface area contributed by atoms with Gasteiger partial charge in [-0.15, -0.1) is 11.8 Å². The smallest absolute Gasteiger partial charge is 0.167 e. The molecule has 1 aromatic heterocycles. The third kappa shape index (κ3) is 1.57. The number of hydrogen-bond acceptors (Lipinski definition) is 5. The lowest BCUT2D eigenvalue weighted by molar-refractivity contribution is 0.604. The van der Waals surface area contributed by atoms with Crippen molar-refractivity contribution < 1.29 is 0 Å². The largest absolute Gasteiger partial charge is 0.394 e. The van der Waals surface area contributed by atoms with Gasteiger partial charge in [0.1, 0.15) is 11.4 Å². The Balaban J connectivity index is 2.10. The average molecular weight is 247 g/mol. The Morgan fingerprint density at radius 3 is 2.82 bits per heavy atom. The zero-order chi connectivity index (χ0) is 11.8. The van der Waals surface area contributed by atoms with Crippen LogP contribution in [0.25, 0.3) is 11.3 Å². The van der Waals surface area contributed by atoms with Gasteiger partial charge in [0.2, 0.25) is 0 Å². The second kappa shape index (κ2) is 3.97. The second-order valence-corrected chi connectivity index (χ2v) is 4.70. The predicted molar refractivity (Wildman–Crippen MR) is 71.4 cm³/mol. The maximum Gasteiger partial charge on any atom is 0.167 e. The van der Waals surface area contributed by atoms with Crippen LogP contribution >= 0.6 is 11.8 Å². The zero-order valence-corrected chi connectivity index (χ0v) is 10.2. The molecule has 4 N–H and O–H groups in total. The molecule has 0 saturated carbocycles. The highest BCUT2D eigenvalue weighted by Crippen LogP contribution is 2.37. The van der Waals surface area contributed by atoms with Gasteiger partial charge in [-0.3, -0.25) is 0 Å². The van der Waals surface area contributed by atoms with Crippen LogP contribution < -0.4 is 16.6 Å². The van der Waals surface area contributed by atoms with Crippen LogP contribution in [0.3, 0.4) is 0 Å². The van der Waals surface area contributed by atoms with E-state index in [0.717, 1.165) is 17.1 Å². The lowest BCUT2D eigenvalue weighted by Crippen LogP contribution is -2.19. The third-order valence-corrected chi connectivity index (χ3v) is 3.52. The molecule has 3 rings (SSSR count). The van der Waals surface area contributed by atoms with Crippen molar-refractivity contribution in [3.05, 3.63) is 30.3 Å². The molecule has 6 heteroatoms. The second-order valence-electron chi connectivity index (χ2n) is 3.78. The first-order chi connectivity index (χ1) is 8.31. The van der Waals surface area contributed by atoms with Crippen LogP contribution in [-0.2, 0) is 0 Å². The summed E-state index contributed by atoms with van der Waals surface area (Å²) < 4.78 is 1.88. The zero-order valence-electron chi connectivity index (χ0n) is 9.34. The van der Waals surface area contributed by atoms with Crippen molar-refractivity contribution in [3.63, 3.8) is 0 Å². The number of rotatable bonds is 2. The molecular formula is C11H13N5S. The molecular weight excluding hydrogens is 234 g/mol. The molecule has 2 heterocycles. The molecule has 88 valence electrons. The van der Waals surface area contributed by atoms with Gasteiger partial charge < -0.3 is 11.2 Å². The summed E-state index contributed by atoms with van der Waals surface area (Å²) in [6.07, 6.45) is 2.02.